The minimum atomic E-state index is -0.0889. The molecule has 0 radical (unpaired) electrons. The Labute approximate surface area is 295 Å². The molecule has 1 N–H and O–H groups in total. The fraction of sp³-hybridized carbons (Fsp3) is 0.0208. The van der Waals surface area contributed by atoms with Gasteiger partial charge in [0.2, 0.25) is 0 Å². The summed E-state index contributed by atoms with van der Waals surface area (Å²) in [5, 5.41) is 11.0. The lowest BCUT2D eigenvalue weighted by Crippen LogP contribution is -2.31. The third kappa shape index (κ3) is 5.19. The monoisotopic (exact) mass is 652 g/mol. The van der Waals surface area contributed by atoms with Crippen LogP contribution in [-0.4, -0.2) is 5.84 Å². The van der Waals surface area contributed by atoms with Crippen LogP contribution in [0.3, 0.4) is 0 Å². The van der Waals surface area contributed by atoms with E-state index in [2.05, 4.69) is 181 Å². The van der Waals surface area contributed by atoms with Crippen LogP contribution in [-0.2, 0) is 0 Å². The second kappa shape index (κ2) is 12.0. The molecule has 10 rings (SSSR count). The van der Waals surface area contributed by atoms with Crippen molar-refractivity contribution in [3.05, 3.63) is 199 Å². The van der Waals surface area contributed by atoms with Crippen LogP contribution in [0, 0.1) is 0 Å². The van der Waals surface area contributed by atoms with Crippen molar-refractivity contribution in [1.29, 1.82) is 0 Å². The molecule has 1 aromatic heterocycles. The Morgan fingerprint density at radius 3 is 2.02 bits per heavy atom. The van der Waals surface area contributed by atoms with E-state index >= 15 is 0 Å². The summed E-state index contributed by atoms with van der Waals surface area (Å²) in [4.78, 5) is 5.28. The van der Waals surface area contributed by atoms with Gasteiger partial charge in [-0.3, -0.25) is 0 Å². The first-order valence-electron chi connectivity index (χ1n) is 17.4. The smallest absolute Gasteiger partial charge is 0.136 e. The highest BCUT2D eigenvalue weighted by molar-refractivity contribution is 6.19. The lowest BCUT2D eigenvalue weighted by Gasteiger charge is -2.25. The molecule has 0 saturated carbocycles. The van der Waals surface area contributed by atoms with E-state index in [0.29, 0.717) is 0 Å². The third-order valence-corrected chi connectivity index (χ3v) is 10.1. The van der Waals surface area contributed by atoms with Crippen LogP contribution in [0.5, 0.6) is 0 Å². The van der Waals surface area contributed by atoms with Gasteiger partial charge >= 0.3 is 0 Å². The number of fused-ring (bicyclic) bond motifs is 6. The number of hydrogen-bond acceptors (Lipinski definition) is 3. The van der Waals surface area contributed by atoms with Gasteiger partial charge in [-0.15, -0.1) is 0 Å². The van der Waals surface area contributed by atoms with Crippen molar-refractivity contribution in [3.63, 3.8) is 0 Å². The standard InChI is InChI=1S/C48H32N2O/c1-3-11-31(12-4-1)34-16-9-17-38(28-34)44-30-43(33-14-5-2-6-15-33)49-48(50-44)41-19-10-20-46-47(41)42-29-36(24-26-45(42)51-46)35-23-25-40-37(27-35)22-21-32-13-7-8-18-39(32)40/h1-30,44H,(H,49,50). The van der Waals surface area contributed by atoms with Gasteiger partial charge in [-0.25, -0.2) is 4.99 Å². The van der Waals surface area contributed by atoms with E-state index in [1.165, 1.54) is 43.8 Å². The van der Waals surface area contributed by atoms with Crippen molar-refractivity contribution in [2.75, 3.05) is 0 Å². The molecule has 3 heteroatoms. The van der Waals surface area contributed by atoms with Crippen molar-refractivity contribution in [1.82, 2.24) is 5.32 Å². The SMILES string of the molecule is C1=C(c2ccccc2)N=C(c2cccc3oc4ccc(-c5ccc6c(ccc7ccccc76)c5)cc4c23)NC1c1cccc(-c2ccccc2)c1. The molecule has 0 amide bonds. The molecule has 1 unspecified atom stereocenters. The Balaban J connectivity index is 1.10. The minimum absolute atomic E-state index is 0.0889. The maximum atomic E-state index is 6.48. The van der Waals surface area contributed by atoms with E-state index in [1.54, 1.807) is 0 Å². The summed E-state index contributed by atoms with van der Waals surface area (Å²) in [7, 11) is 0. The molecule has 1 aliphatic heterocycles. The van der Waals surface area contributed by atoms with Crippen molar-refractivity contribution in [2.45, 2.75) is 6.04 Å². The average molecular weight is 653 g/mol. The van der Waals surface area contributed by atoms with Gasteiger partial charge in [0.15, 0.2) is 0 Å². The van der Waals surface area contributed by atoms with Gasteiger partial charge in [-0.1, -0.05) is 146 Å². The lowest BCUT2D eigenvalue weighted by atomic mass is 9.95. The molecule has 0 fully saturated rings. The van der Waals surface area contributed by atoms with Crippen LogP contribution < -0.4 is 5.32 Å². The third-order valence-electron chi connectivity index (χ3n) is 10.1. The molecule has 0 aliphatic carbocycles. The van der Waals surface area contributed by atoms with Crippen LogP contribution in [0.2, 0.25) is 0 Å². The maximum absolute atomic E-state index is 6.48. The van der Waals surface area contributed by atoms with Crippen molar-refractivity contribution < 1.29 is 4.42 Å². The summed E-state index contributed by atoms with van der Waals surface area (Å²) in [5.41, 5.74) is 10.6. The molecule has 9 aromatic rings. The van der Waals surface area contributed by atoms with Gasteiger partial charge in [0.05, 0.1) is 11.7 Å². The molecule has 51 heavy (non-hydrogen) atoms. The minimum Gasteiger partial charge on any atom is -0.456 e. The summed E-state index contributed by atoms with van der Waals surface area (Å²) < 4.78 is 6.48. The van der Waals surface area contributed by atoms with Gasteiger partial charge in [-0.05, 0) is 91.3 Å². The van der Waals surface area contributed by atoms with Gasteiger partial charge in [0.25, 0.3) is 0 Å². The Hall–Kier alpha value is -6.71. The van der Waals surface area contributed by atoms with Crippen molar-refractivity contribution in [3.8, 4) is 22.3 Å². The predicted molar refractivity (Wildman–Crippen MR) is 213 cm³/mol. The number of amidine groups is 1. The maximum Gasteiger partial charge on any atom is 0.136 e. The zero-order valence-corrected chi connectivity index (χ0v) is 27.8. The highest BCUT2D eigenvalue weighted by Gasteiger charge is 2.23. The van der Waals surface area contributed by atoms with Gasteiger partial charge in [0.1, 0.15) is 17.0 Å². The van der Waals surface area contributed by atoms with Gasteiger partial charge in [0, 0.05) is 16.3 Å². The molecule has 0 bridgehead atoms. The first kappa shape index (κ1) is 29.2. The quantitative estimate of drug-likeness (QED) is 0.188. The number of rotatable bonds is 5. The molecule has 2 heterocycles. The number of aliphatic imine (C=N–C) groups is 1. The highest BCUT2D eigenvalue weighted by Crippen LogP contribution is 2.38. The van der Waals surface area contributed by atoms with Crippen LogP contribution in [0.15, 0.2) is 191 Å². The fourth-order valence-electron chi connectivity index (χ4n) is 7.56. The zero-order valence-electron chi connectivity index (χ0n) is 27.8. The van der Waals surface area contributed by atoms with E-state index < -0.39 is 0 Å². The van der Waals surface area contributed by atoms with Crippen LogP contribution in [0.25, 0.3) is 71.4 Å². The van der Waals surface area contributed by atoms with Crippen molar-refractivity contribution in [2.24, 2.45) is 4.99 Å². The molecular formula is C48H32N2O. The van der Waals surface area contributed by atoms with Crippen LogP contribution >= 0.6 is 0 Å². The fourth-order valence-corrected chi connectivity index (χ4v) is 7.56. The summed E-state index contributed by atoms with van der Waals surface area (Å²) in [6.07, 6.45) is 2.23. The van der Waals surface area contributed by atoms with Gasteiger partial charge in [-0.2, -0.15) is 0 Å². The van der Waals surface area contributed by atoms with E-state index in [0.717, 1.165) is 50.2 Å². The largest absolute Gasteiger partial charge is 0.456 e. The predicted octanol–water partition coefficient (Wildman–Crippen LogP) is 12.4. The average Bonchev–Trinajstić information content (AvgIpc) is 3.59. The summed E-state index contributed by atoms with van der Waals surface area (Å²) in [6.45, 7) is 0. The highest BCUT2D eigenvalue weighted by atomic mass is 16.3. The molecule has 1 aliphatic rings. The molecule has 3 nitrogen and oxygen atoms in total. The second-order valence-electron chi connectivity index (χ2n) is 13.2. The number of furan rings is 1. The zero-order chi connectivity index (χ0) is 33.7. The number of nitrogens with zero attached hydrogens (tertiary/aromatic N) is 1. The number of hydrogen-bond donors (Lipinski definition) is 1. The van der Waals surface area contributed by atoms with Crippen molar-refractivity contribution >= 4 is 55.0 Å². The molecular weight excluding hydrogens is 621 g/mol. The Morgan fingerprint density at radius 2 is 1.14 bits per heavy atom. The first-order valence-corrected chi connectivity index (χ1v) is 17.4. The topological polar surface area (TPSA) is 37.5 Å². The normalized spacial score (nSPS) is 14.5. The summed E-state index contributed by atoms with van der Waals surface area (Å²) in [5.74, 6) is 0.822. The van der Waals surface area contributed by atoms with E-state index in [-0.39, 0.29) is 6.04 Å². The van der Waals surface area contributed by atoms with E-state index in [9.17, 15) is 0 Å². The molecule has 0 saturated heterocycles. The Bertz CT molecular complexity index is 2830. The molecule has 8 aromatic carbocycles. The number of nitrogens with one attached hydrogen (secondary N) is 1. The Kier molecular flexibility index (Phi) is 6.88. The molecule has 1 atom stereocenters. The lowest BCUT2D eigenvalue weighted by molar-refractivity contribution is 0.669. The molecule has 0 spiro atoms. The number of benzene rings is 8. The van der Waals surface area contributed by atoms with E-state index in [4.69, 9.17) is 9.41 Å². The summed E-state index contributed by atoms with van der Waals surface area (Å²) in [6, 6.07) is 62.3. The first-order chi connectivity index (χ1) is 25.2. The van der Waals surface area contributed by atoms with Crippen LogP contribution in [0.1, 0.15) is 22.7 Å². The van der Waals surface area contributed by atoms with Gasteiger partial charge < -0.3 is 9.73 Å². The van der Waals surface area contributed by atoms with E-state index in [1.807, 2.05) is 6.07 Å². The summed E-state index contributed by atoms with van der Waals surface area (Å²) >= 11 is 0. The Morgan fingerprint density at radius 1 is 0.451 bits per heavy atom. The molecule has 240 valence electrons. The van der Waals surface area contributed by atoms with Crippen LogP contribution in [0.4, 0.5) is 0 Å². The second-order valence-corrected chi connectivity index (χ2v) is 13.2.